The van der Waals surface area contributed by atoms with Crippen LogP contribution in [0.5, 0.6) is 0 Å². The van der Waals surface area contributed by atoms with Crippen LogP contribution in [0.1, 0.15) is 20.7 Å². The molecule has 0 radical (unpaired) electrons. The number of anilines is 1. The summed E-state index contributed by atoms with van der Waals surface area (Å²) in [5.41, 5.74) is 9.65. The number of hydrogen-bond donors (Lipinski definition) is 4. The number of nitrogens with one attached hydrogen (secondary N) is 1. The Labute approximate surface area is 142 Å². The molecular formula is C18H15N3O4. The third-order valence-electron chi connectivity index (χ3n) is 3.83. The number of nitrogens with two attached hydrogens (primary N) is 1. The molecule has 1 heterocycles. The van der Waals surface area contributed by atoms with Crippen LogP contribution in [0.3, 0.4) is 0 Å². The lowest BCUT2D eigenvalue weighted by Crippen LogP contribution is -2.14. The van der Waals surface area contributed by atoms with Gasteiger partial charge in [-0.2, -0.15) is 0 Å². The van der Waals surface area contributed by atoms with Crippen LogP contribution in [0.2, 0.25) is 0 Å². The molecule has 5 N–H and O–H groups in total. The van der Waals surface area contributed by atoms with Gasteiger partial charge in [0.25, 0.3) is 5.91 Å². The number of nitrogens with zero attached hydrogens (tertiary/aromatic N) is 1. The molecule has 3 aromatic rings. The summed E-state index contributed by atoms with van der Waals surface area (Å²) in [4.78, 5) is 22.9. The zero-order valence-electron chi connectivity index (χ0n) is 13.0. The van der Waals surface area contributed by atoms with Crippen LogP contribution >= 0.6 is 0 Å². The summed E-state index contributed by atoms with van der Waals surface area (Å²) < 4.78 is 1.54. The SMILES string of the molecule is NC(=O)c1c(-c2ccccc2)cn(-c2ccc(C(=O)O)cc2)c1NO. The summed E-state index contributed by atoms with van der Waals surface area (Å²) in [7, 11) is 0. The molecule has 0 aliphatic rings. The summed E-state index contributed by atoms with van der Waals surface area (Å²) >= 11 is 0. The molecule has 7 heteroatoms. The normalized spacial score (nSPS) is 10.4. The Hall–Kier alpha value is -3.58. The molecule has 0 aliphatic heterocycles. The van der Waals surface area contributed by atoms with Gasteiger partial charge < -0.3 is 15.4 Å². The molecule has 0 fully saturated rings. The van der Waals surface area contributed by atoms with E-state index in [0.717, 1.165) is 5.56 Å². The first-order valence-corrected chi connectivity index (χ1v) is 7.37. The number of rotatable bonds is 5. The monoisotopic (exact) mass is 337 g/mol. The van der Waals surface area contributed by atoms with Gasteiger partial charge in [0, 0.05) is 17.4 Å². The van der Waals surface area contributed by atoms with Crippen LogP contribution in [-0.4, -0.2) is 26.8 Å². The third kappa shape index (κ3) is 2.96. The minimum Gasteiger partial charge on any atom is -0.478 e. The molecule has 0 atom stereocenters. The highest BCUT2D eigenvalue weighted by Crippen LogP contribution is 2.33. The first-order valence-electron chi connectivity index (χ1n) is 7.37. The second kappa shape index (κ2) is 6.50. The van der Waals surface area contributed by atoms with Gasteiger partial charge in [0.05, 0.1) is 11.1 Å². The highest BCUT2D eigenvalue weighted by Gasteiger charge is 2.22. The predicted octanol–water partition coefficient (Wildman–Crippen LogP) is 2.74. The van der Waals surface area contributed by atoms with Crippen LogP contribution in [0.4, 0.5) is 5.82 Å². The highest BCUT2D eigenvalue weighted by molar-refractivity contribution is 6.05. The number of carbonyl (C=O) groups excluding carboxylic acids is 1. The molecule has 0 saturated carbocycles. The second-order valence-electron chi connectivity index (χ2n) is 5.33. The fourth-order valence-electron chi connectivity index (χ4n) is 2.67. The fraction of sp³-hybridized carbons (Fsp3) is 0. The standard InChI is InChI=1S/C18H15N3O4/c19-16(22)15-14(11-4-2-1-3-5-11)10-21(17(15)20-25)13-8-6-12(7-9-13)18(23)24/h1-10,20,25H,(H2,19,22)(H,23,24). The van der Waals surface area contributed by atoms with Crippen LogP contribution < -0.4 is 11.2 Å². The van der Waals surface area contributed by atoms with Crippen molar-refractivity contribution in [2.45, 2.75) is 0 Å². The zero-order valence-corrected chi connectivity index (χ0v) is 13.0. The molecule has 25 heavy (non-hydrogen) atoms. The molecule has 2 aromatic carbocycles. The van der Waals surface area contributed by atoms with Crippen molar-refractivity contribution < 1.29 is 19.9 Å². The molecule has 0 bridgehead atoms. The molecule has 126 valence electrons. The lowest BCUT2D eigenvalue weighted by molar-refractivity contribution is 0.0696. The van der Waals surface area contributed by atoms with Crippen molar-refractivity contribution in [1.82, 2.24) is 4.57 Å². The quantitative estimate of drug-likeness (QED) is 0.534. The number of amides is 1. The first-order chi connectivity index (χ1) is 12.0. The number of carbonyl (C=O) groups is 2. The van der Waals surface area contributed by atoms with Crippen molar-refractivity contribution in [2.75, 3.05) is 5.48 Å². The lowest BCUT2D eigenvalue weighted by atomic mass is 10.0. The van der Waals surface area contributed by atoms with E-state index in [9.17, 15) is 14.8 Å². The van der Waals surface area contributed by atoms with Crippen LogP contribution in [-0.2, 0) is 0 Å². The molecule has 0 saturated heterocycles. The Balaban J connectivity index is 2.20. The summed E-state index contributed by atoms with van der Waals surface area (Å²) in [5, 5.41) is 18.5. The van der Waals surface area contributed by atoms with Crippen molar-refractivity contribution >= 4 is 17.7 Å². The Kier molecular flexibility index (Phi) is 4.23. The maximum atomic E-state index is 11.9. The van der Waals surface area contributed by atoms with Crippen LogP contribution in [0, 0.1) is 0 Å². The number of aromatic nitrogens is 1. The van der Waals surface area contributed by atoms with Gasteiger partial charge in [-0.25, -0.2) is 4.79 Å². The van der Waals surface area contributed by atoms with E-state index in [0.29, 0.717) is 11.3 Å². The topological polar surface area (TPSA) is 118 Å². The van der Waals surface area contributed by atoms with Crippen molar-refractivity contribution in [3.8, 4) is 16.8 Å². The number of carboxylic acids is 1. The van der Waals surface area contributed by atoms with E-state index < -0.39 is 11.9 Å². The van der Waals surface area contributed by atoms with Crippen molar-refractivity contribution in [3.05, 3.63) is 71.9 Å². The molecular weight excluding hydrogens is 322 g/mol. The van der Waals surface area contributed by atoms with Gasteiger partial charge in [-0.15, -0.1) is 0 Å². The number of carboxylic acid groups (broad SMARTS) is 1. The summed E-state index contributed by atoms with van der Waals surface area (Å²) in [6.07, 6.45) is 1.66. The molecule has 1 amide bonds. The Morgan fingerprint density at radius 3 is 2.16 bits per heavy atom. The zero-order chi connectivity index (χ0) is 18.0. The Morgan fingerprint density at radius 2 is 1.64 bits per heavy atom. The van der Waals surface area contributed by atoms with E-state index in [1.165, 1.54) is 16.7 Å². The number of aromatic carboxylic acids is 1. The molecule has 0 aliphatic carbocycles. The Bertz CT molecular complexity index is 931. The van der Waals surface area contributed by atoms with E-state index in [1.54, 1.807) is 18.3 Å². The van der Waals surface area contributed by atoms with Crippen LogP contribution in [0.25, 0.3) is 16.8 Å². The van der Waals surface area contributed by atoms with E-state index in [4.69, 9.17) is 10.8 Å². The third-order valence-corrected chi connectivity index (χ3v) is 3.83. The van der Waals surface area contributed by atoms with Crippen molar-refractivity contribution in [3.63, 3.8) is 0 Å². The van der Waals surface area contributed by atoms with Gasteiger partial charge in [-0.1, -0.05) is 30.3 Å². The number of primary amides is 1. The van der Waals surface area contributed by atoms with E-state index in [2.05, 4.69) is 0 Å². The first kappa shape index (κ1) is 16.3. The maximum Gasteiger partial charge on any atom is 0.335 e. The van der Waals surface area contributed by atoms with Gasteiger partial charge in [0.1, 0.15) is 5.82 Å². The largest absolute Gasteiger partial charge is 0.478 e. The molecule has 1 aromatic heterocycles. The number of benzene rings is 2. The number of hydrogen-bond acceptors (Lipinski definition) is 4. The Morgan fingerprint density at radius 1 is 1.00 bits per heavy atom. The average Bonchev–Trinajstić information content (AvgIpc) is 3.02. The lowest BCUT2D eigenvalue weighted by Gasteiger charge is -2.09. The average molecular weight is 337 g/mol. The molecule has 0 spiro atoms. The fourth-order valence-corrected chi connectivity index (χ4v) is 2.67. The van der Waals surface area contributed by atoms with Gasteiger partial charge in [-0.05, 0) is 29.8 Å². The summed E-state index contributed by atoms with van der Waals surface area (Å²) in [6, 6.07) is 15.2. The van der Waals surface area contributed by atoms with E-state index in [1.807, 2.05) is 35.8 Å². The van der Waals surface area contributed by atoms with Gasteiger partial charge in [-0.3, -0.25) is 15.5 Å². The smallest absolute Gasteiger partial charge is 0.335 e. The van der Waals surface area contributed by atoms with E-state index in [-0.39, 0.29) is 16.9 Å². The summed E-state index contributed by atoms with van der Waals surface area (Å²) in [6.45, 7) is 0. The second-order valence-corrected chi connectivity index (χ2v) is 5.33. The maximum absolute atomic E-state index is 11.9. The predicted molar refractivity (Wildman–Crippen MR) is 92.1 cm³/mol. The minimum atomic E-state index is -1.04. The minimum absolute atomic E-state index is 0.106. The van der Waals surface area contributed by atoms with Crippen LogP contribution in [0.15, 0.2) is 60.8 Å². The molecule has 7 nitrogen and oxygen atoms in total. The van der Waals surface area contributed by atoms with E-state index >= 15 is 0 Å². The summed E-state index contributed by atoms with van der Waals surface area (Å²) in [5.74, 6) is -1.63. The van der Waals surface area contributed by atoms with Gasteiger partial charge in [0.2, 0.25) is 0 Å². The van der Waals surface area contributed by atoms with Crippen molar-refractivity contribution in [2.24, 2.45) is 5.73 Å². The van der Waals surface area contributed by atoms with Crippen molar-refractivity contribution in [1.29, 1.82) is 0 Å². The molecule has 3 rings (SSSR count). The molecule has 0 unspecified atom stereocenters. The van der Waals surface area contributed by atoms with Gasteiger partial charge >= 0.3 is 5.97 Å². The highest BCUT2D eigenvalue weighted by atomic mass is 16.5. The van der Waals surface area contributed by atoms with Gasteiger partial charge in [0.15, 0.2) is 0 Å².